The van der Waals surface area contributed by atoms with E-state index in [-0.39, 0.29) is 23.7 Å². The van der Waals surface area contributed by atoms with Gasteiger partial charge >= 0.3 is 0 Å². The molecule has 23 heavy (non-hydrogen) atoms. The van der Waals surface area contributed by atoms with E-state index >= 15 is 0 Å². The Balaban J connectivity index is 1.70. The summed E-state index contributed by atoms with van der Waals surface area (Å²) in [6.07, 6.45) is 2.78. The van der Waals surface area contributed by atoms with Crippen molar-refractivity contribution in [2.45, 2.75) is 32.7 Å². The molecule has 126 valence electrons. The van der Waals surface area contributed by atoms with Gasteiger partial charge in [-0.3, -0.25) is 9.69 Å². The van der Waals surface area contributed by atoms with Gasteiger partial charge in [-0.1, -0.05) is 6.07 Å². The number of hydrogen-bond donors (Lipinski definition) is 1. The number of carbonyl (C=O) groups is 1. The number of carbonyl (C=O) groups excluding carboxylic acids is 1. The molecule has 0 radical (unpaired) electrons. The number of amides is 1. The predicted octanol–water partition coefficient (Wildman–Crippen LogP) is 1.94. The van der Waals surface area contributed by atoms with Crippen LogP contribution in [0.2, 0.25) is 0 Å². The average molecular weight is 320 g/mol. The van der Waals surface area contributed by atoms with Crippen LogP contribution in [0, 0.1) is 18.2 Å². The van der Waals surface area contributed by atoms with Crippen LogP contribution in [0.15, 0.2) is 18.2 Å². The van der Waals surface area contributed by atoms with Crippen LogP contribution in [0.1, 0.15) is 30.4 Å². The summed E-state index contributed by atoms with van der Waals surface area (Å²) in [5, 5.41) is 9.13. The average Bonchev–Trinajstić information content (AvgIpc) is 2.92. The zero-order valence-corrected chi connectivity index (χ0v) is 13.7. The Morgan fingerprint density at radius 3 is 2.91 bits per heavy atom. The highest BCUT2D eigenvalue weighted by Crippen LogP contribution is 2.40. The van der Waals surface area contributed by atoms with Crippen molar-refractivity contribution >= 4 is 5.91 Å². The zero-order chi connectivity index (χ0) is 16.4. The van der Waals surface area contributed by atoms with Gasteiger partial charge in [0.2, 0.25) is 5.91 Å². The van der Waals surface area contributed by atoms with Gasteiger partial charge < -0.3 is 10.0 Å². The number of halogens is 1. The molecule has 2 aliphatic rings. The lowest BCUT2D eigenvalue weighted by atomic mass is 9.78. The van der Waals surface area contributed by atoms with Gasteiger partial charge in [0.15, 0.2) is 0 Å². The second-order valence-corrected chi connectivity index (χ2v) is 6.93. The molecule has 1 amide bonds. The number of nitrogens with zero attached hydrogens (tertiary/aromatic N) is 2. The maximum atomic E-state index is 13.5. The van der Waals surface area contributed by atoms with Crippen molar-refractivity contribution in [3.8, 4) is 0 Å². The molecule has 1 atom stereocenters. The molecule has 2 saturated heterocycles. The molecular weight excluding hydrogens is 295 g/mol. The van der Waals surface area contributed by atoms with E-state index in [0.717, 1.165) is 50.0 Å². The monoisotopic (exact) mass is 320 g/mol. The summed E-state index contributed by atoms with van der Waals surface area (Å²) in [4.78, 5) is 16.9. The van der Waals surface area contributed by atoms with E-state index in [1.165, 1.54) is 6.07 Å². The van der Waals surface area contributed by atoms with Crippen LogP contribution < -0.4 is 0 Å². The third kappa shape index (κ3) is 3.26. The first-order chi connectivity index (χ1) is 11.0. The number of β-amino-alcohol motifs (C(OH)–C–C–N with tert-alkyl or cyclic N) is 1. The van der Waals surface area contributed by atoms with Crippen LogP contribution in [0.4, 0.5) is 4.39 Å². The van der Waals surface area contributed by atoms with Crippen molar-refractivity contribution < 1.29 is 14.3 Å². The first-order valence-corrected chi connectivity index (χ1v) is 8.42. The van der Waals surface area contributed by atoms with Crippen LogP contribution in [-0.4, -0.2) is 53.6 Å². The Bertz CT molecular complexity index is 590. The normalized spacial score (nSPS) is 25.5. The topological polar surface area (TPSA) is 43.8 Å². The molecule has 1 spiro atoms. The smallest absolute Gasteiger partial charge is 0.230 e. The van der Waals surface area contributed by atoms with E-state index in [2.05, 4.69) is 4.90 Å². The first kappa shape index (κ1) is 16.4. The third-order valence-electron chi connectivity index (χ3n) is 5.33. The lowest BCUT2D eigenvalue weighted by molar-refractivity contribution is -0.146. The highest BCUT2D eigenvalue weighted by Gasteiger charge is 2.47. The largest absolute Gasteiger partial charge is 0.395 e. The van der Waals surface area contributed by atoms with E-state index in [4.69, 9.17) is 5.11 Å². The summed E-state index contributed by atoms with van der Waals surface area (Å²) in [7, 11) is 0. The standard InChI is InChI=1S/C18H25FN2O2/c1-14-3-4-16(19)11-15(14)12-20-8-6-18(13-20)5-2-7-21(9-10-22)17(18)23/h3-4,11,22H,2,5-10,12-13H2,1H3/t18-/m0/s1. The van der Waals surface area contributed by atoms with Gasteiger partial charge in [-0.05, 0) is 56.0 Å². The van der Waals surface area contributed by atoms with Gasteiger partial charge in [0.1, 0.15) is 5.82 Å². The fraction of sp³-hybridized carbons (Fsp3) is 0.611. The van der Waals surface area contributed by atoms with E-state index in [9.17, 15) is 9.18 Å². The maximum absolute atomic E-state index is 13.5. The van der Waals surface area contributed by atoms with Crippen LogP contribution in [0.3, 0.4) is 0 Å². The molecule has 0 saturated carbocycles. The van der Waals surface area contributed by atoms with Gasteiger partial charge in [-0.2, -0.15) is 0 Å². The van der Waals surface area contributed by atoms with Crippen LogP contribution in [0.25, 0.3) is 0 Å². The summed E-state index contributed by atoms with van der Waals surface area (Å²) in [5.41, 5.74) is 1.79. The van der Waals surface area contributed by atoms with E-state index < -0.39 is 0 Å². The molecule has 0 unspecified atom stereocenters. The Kier molecular flexibility index (Phi) is 4.69. The molecule has 1 aromatic carbocycles. The summed E-state index contributed by atoms with van der Waals surface area (Å²) < 4.78 is 13.5. The quantitative estimate of drug-likeness (QED) is 0.922. The Hall–Kier alpha value is -1.46. The molecule has 1 N–H and O–H groups in total. The predicted molar refractivity (Wildman–Crippen MR) is 86.4 cm³/mol. The van der Waals surface area contributed by atoms with Gasteiger partial charge in [0.05, 0.1) is 12.0 Å². The summed E-state index contributed by atoms with van der Waals surface area (Å²) in [6, 6.07) is 4.90. The summed E-state index contributed by atoms with van der Waals surface area (Å²) in [6.45, 7) is 5.51. The second-order valence-electron chi connectivity index (χ2n) is 6.93. The number of aryl methyl sites for hydroxylation is 1. The molecule has 0 aliphatic carbocycles. The Morgan fingerprint density at radius 1 is 1.30 bits per heavy atom. The fourth-order valence-corrected chi connectivity index (χ4v) is 4.01. The number of piperidine rings is 1. The minimum atomic E-state index is -0.297. The first-order valence-electron chi connectivity index (χ1n) is 8.42. The second kappa shape index (κ2) is 6.57. The highest BCUT2D eigenvalue weighted by molar-refractivity contribution is 5.84. The van der Waals surface area contributed by atoms with Crippen molar-refractivity contribution in [2.24, 2.45) is 5.41 Å². The third-order valence-corrected chi connectivity index (χ3v) is 5.33. The van der Waals surface area contributed by atoms with Crippen LogP contribution >= 0.6 is 0 Å². The SMILES string of the molecule is Cc1ccc(F)cc1CN1CC[C@@]2(CCCN(CCO)C2=O)C1. The minimum Gasteiger partial charge on any atom is -0.395 e. The summed E-state index contributed by atoms with van der Waals surface area (Å²) >= 11 is 0. The highest BCUT2D eigenvalue weighted by atomic mass is 19.1. The Labute approximate surface area is 136 Å². The molecule has 5 heteroatoms. The molecule has 2 heterocycles. The van der Waals surface area contributed by atoms with Crippen molar-refractivity contribution in [2.75, 3.05) is 32.8 Å². The molecule has 0 bridgehead atoms. The van der Waals surface area contributed by atoms with E-state index in [0.29, 0.717) is 13.1 Å². The van der Waals surface area contributed by atoms with E-state index in [1.807, 2.05) is 13.0 Å². The van der Waals surface area contributed by atoms with Crippen molar-refractivity contribution in [3.05, 3.63) is 35.1 Å². The molecule has 2 fully saturated rings. The number of rotatable bonds is 4. The zero-order valence-electron chi connectivity index (χ0n) is 13.7. The minimum absolute atomic E-state index is 0.0218. The molecule has 3 rings (SSSR count). The van der Waals surface area contributed by atoms with Crippen LogP contribution in [0.5, 0.6) is 0 Å². The van der Waals surface area contributed by atoms with E-state index in [1.54, 1.807) is 11.0 Å². The number of benzene rings is 1. The number of likely N-dealkylation sites (tertiary alicyclic amines) is 2. The molecule has 2 aliphatic heterocycles. The van der Waals surface area contributed by atoms with Gasteiger partial charge in [-0.15, -0.1) is 0 Å². The number of aliphatic hydroxyl groups is 1. The van der Waals surface area contributed by atoms with Crippen molar-refractivity contribution in [3.63, 3.8) is 0 Å². The van der Waals surface area contributed by atoms with Gasteiger partial charge in [-0.25, -0.2) is 4.39 Å². The fourth-order valence-electron chi connectivity index (χ4n) is 4.01. The molecule has 4 nitrogen and oxygen atoms in total. The van der Waals surface area contributed by atoms with Gasteiger partial charge in [0.25, 0.3) is 0 Å². The number of hydrogen-bond acceptors (Lipinski definition) is 3. The van der Waals surface area contributed by atoms with Crippen molar-refractivity contribution in [1.29, 1.82) is 0 Å². The molecule has 0 aromatic heterocycles. The molecule has 1 aromatic rings. The maximum Gasteiger partial charge on any atom is 0.230 e. The van der Waals surface area contributed by atoms with Gasteiger partial charge in [0, 0.05) is 26.2 Å². The number of aliphatic hydroxyl groups excluding tert-OH is 1. The lowest BCUT2D eigenvalue weighted by Gasteiger charge is -2.39. The Morgan fingerprint density at radius 2 is 2.13 bits per heavy atom. The van der Waals surface area contributed by atoms with Crippen LogP contribution in [-0.2, 0) is 11.3 Å². The summed E-state index contributed by atoms with van der Waals surface area (Å²) in [5.74, 6) is -0.0151. The lowest BCUT2D eigenvalue weighted by Crippen LogP contribution is -2.50. The van der Waals surface area contributed by atoms with Crippen molar-refractivity contribution in [1.82, 2.24) is 9.80 Å². The molecular formula is C18H25FN2O2.